The molecule has 0 amide bonds. The van der Waals surface area contributed by atoms with Crippen LogP contribution in [-0.2, 0) is 11.3 Å². The molecular formula is C20H34N4O2. The van der Waals surface area contributed by atoms with E-state index >= 15 is 0 Å². The average molecular weight is 363 g/mol. The molecule has 0 radical (unpaired) electrons. The van der Waals surface area contributed by atoms with Crippen LogP contribution in [0, 0.1) is 5.92 Å². The largest absolute Gasteiger partial charge is 0.497 e. The van der Waals surface area contributed by atoms with E-state index in [2.05, 4.69) is 34.6 Å². The van der Waals surface area contributed by atoms with E-state index in [0.29, 0.717) is 12.5 Å². The molecule has 0 unspecified atom stereocenters. The number of methoxy groups -OCH3 is 2. The van der Waals surface area contributed by atoms with Crippen LogP contribution in [0.3, 0.4) is 0 Å². The van der Waals surface area contributed by atoms with Crippen molar-refractivity contribution < 1.29 is 9.47 Å². The van der Waals surface area contributed by atoms with Crippen LogP contribution in [0.15, 0.2) is 29.3 Å². The van der Waals surface area contributed by atoms with Crippen LogP contribution in [0.25, 0.3) is 0 Å². The number of ether oxygens (including phenoxy) is 2. The van der Waals surface area contributed by atoms with E-state index in [-0.39, 0.29) is 0 Å². The molecule has 1 fully saturated rings. The lowest BCUT2D eigenvalue weighted by Crippen LogP contribution is -2.43. The Bertz CT molecular complexity index is 525. The van der Waals surface area contributed by atoms with E-state index in [1.165, 1.54) is 18.4 Å². The van der Waals surface area contributed by atoms with Crippen LogP contribution >= 0.6 is 0 Å². The van der Waals surface area contributed by atoms with Crippen LogP contribution in [-0.4, -0.2) is 64.4 Å². The van der Waals surface area contributed by atoms with Gasteiger partial charge in [0.25, 0.3) is 0 Å². The van der Waals surface area contributed by atoms with Gasteiger partial charge in [0.05, 0.1) is 20.3 Å². The normalized spacial score (nSPS) is 16.5. The predicted octanol–water partition coefficient (Wildman–Crippen LogP) is 2.11. The summed E-state index contributed by atoms with van der Waals surface area (Å²) in [6.07, 6.45) is 2.46. The molecule has 146 valence electrons. The van der Waals surface area contributed by atoms with Crippen LogP contribution in [0.4, 0.5) is 0 Å². The molecule has 6 nitrogen and oxygen atoms in total. The maximum absolute atomic E-state index is 5.20. The number of hydrogen-bond acceptors (Lipinski definition) is 4. The minimum absolute atomic E-state index is 0.661. The van der Waals surface area contributed by atoms with Crippen LogP contribution in [0.2, 0.25) is 0 Å². The lowest BCUT2D eigenvalue weighted by molar-refractivity contribution is 0.121. The molecule has 0 bridgehead atoms. The molecule has 1 aromatic rings. The van der Waals surface area contributed by atoms with Gasteiger partial charge < -0.3 is 25.0 Å². The predicted molar refractivity (Wildman–Crippen MR) is 107 cm³/mol. The molecule has 6 heteroatoms. The van der Waals surface area contributed by atoms with Gasteiger partial charge in [-0.05, 0) is 56.5 Å². The maximum atomic E-state index is 5.20. The van der Waals surface area contributed by atoms with Gasteiger partial charge in [0.15, 0.2) is 5.96 Å². The number of nitrogens with one attached hydrogen (secondary N) is 2. The average Bonchev–Trinajstić information content (AvgIpc) is 2.69. The smallest absolute Gasteiger partial charge is 0.191 e. The molecule has 1 aliphatic heterocycles. The molecule has 0 aromatic heterocycles. The Morgan fingerprint density at radius 1 is 1.15 bits per heavy atom. The van der Waals surface area contributed by atoms with Gasteiger partial charge in [-0.1, -0.05) is 12.1 Å². The first-order valence-corrected chi connectivity index (χ1v) is 9.61. The van der Waals surface area contributed by atoms with Gasteiger partial charge in [-0.2, -0.15) is 0 Å². The van der Waals surface area contributed by atoms with Gasteiger partial charge in [-0.15, -0.1) is 0 Å². The second-order valence-electron chi connectivity index (χ2n) is 6.70. The minimum Gasteiger partial charge on any atom is -0.497 e. The summed E-state index contributed by atoms with van der Waals surface area (Å²) in [6, 6.07) is 8.06. The van der Waals surface area contributed by atoms with Crippen LogP contribution < -0.4 is 15.4 Å². The Balaban J connectivity index is 1.76. The lowest BCUT2D eigenvalue weighted by Gasteiger charge is -2.32. The Morgan fingerprint density at radius 2 is 1.88 bits per heavy atom. The van der Waals surface area contributed by atoms with Crippen molar-refractivity contribution in [2.75, 3.05) is 53.6 Å². The zero-order valence-corrected chi connectivity index (χ0v) is 16.5. The number of rotatable bonds is 9. The quantitative estimate of drug-likeness (QED) is 0.520. The van der Waals surface area contributed by atoms with Gasteiger partial charge >= 0.3 is 0 Å². The fourth-order valence-electron chi connectivity index (χ4n) is 3.12. The number of nitrogens with zero attached hydrogens (tertiary/aromatic N) is 2. The van der Waals surface area contributed by atoms with E-state index in [9.17, 15) is 0 Å². The van der Waals surface area contributed by atoms with Crippen molar-refractivity contribution in [3.05, 3.63) is 29.8 Å². The molecule has 0 aliphatic carbocycles. The number of likely N-dealkylation sites (tertiary alicyclic amines) is 1. The highest BCUT2D eigenvalue weighted by Gasteiger charge is 2.18. The first kappa shape index (κ1) is 20.5. The third kappa shape index (κ3) is 7.22. The number of guanidine groups is 1. The van der Waals surface area contributed by atoms with E-state index in [1.54, 1.807) is 14.2 Å². The molecular weight excluding hydrogens is 328 g/mol. The summed E-state index contributed by atoms with van der Waals surface area (Å²) in [6.45, 7) is 8.79. The minimum atomic E-state index is 0.661. The standard InChI is InChI=1S/C20H34N4O2/c1-4-21-20(22-15-17-5-7-19(26-3)8-6-17)23-16-18-9-11-24(12-10-18)13-14-25-2/h5-8,18H,4,9-16H2,1-3H3,(H2,21,22,23). The summed E-state index contributed by atoms with van der Waals surface area (Å²) in [5.41, 5.74) is 1.18. The van der Waals surface area contributed by atoms with Gasteiger partial charge in [-0.25, -0.2) is 4.99 Å². The highest BCUT2D eigenvalue weighted by atomic mass is 16.5. The Hall–Kier alpha value is -1.79. The van der Waals surface area contributed by atoms with Crippen molar-refractivity contribution in [1.82, 2.24) is 15.5 Å². The van der Waals surface area contributed by atoms with Gasteiger partial charge in [0, 0.05) is 26.7 Å². The molecule has 2 N–H and O–H groups in total. The SMILES string of the molecule is CCNC(=NCc1ccc(OC)cc1)NCC1CCN(CCOC)CC1. The third-order valence-corrected chi connectivity index (χ3v) is 4.80. The first-order valence-electron chi connectivity index (χ1n) is 9.61. The summed E-state index contributed by atoms with van der Waals surface area (Å²) >= 11 is 0. The molecule has 1 heterocycles. The third-order valence-electron chi connectivity index (χ3n) is 4.80. The molecule has 0 saturated carbocycles. The number of benzene rings is 1. The molecule has 1 aromatic carbocycles. The van der Waals surface area contributed by atoms with Crippen molar-refractivity contribution in [2.45, 2.75) is 26.3 Å². The van der Waals surface area contributed by atoms with Crippen molar-refractivity contribution in [1.29, 1.82) is 0 Å². The number of hydrogen-bond donors (Lipinski definition) is 2. The second-order valence-corrected chi connectivity index (χ2v) is 6.70. The highest BCUT2D eigenvalue weighted by Crippen LogP contribution is 2.16. The van der Waals surface area contributed by atoms with Crippen molar-refractivity contribution in [3.63, 3.8) is 0 Å². The van der Waals surface area contributed by atoms with Crippen LogP contribution in [0.1, 0.15) is 25.3 Å². The van der Waals surface area contributed by atoms with Crippen molar-refractivity contribution in [3.8, 4) is 5.75 Å². The first-order chi connectivity index (χ1) is 12.7. The molecule has 0 atom stereocenters. The fourth-order valence-corrected chi connectivity index (χ4v) is 3.12. The Kier molecular flexibility index (Phi) is 9.28. The van der Waals surface area contributed by atoms with Crippen molar-refractivity contribution in [2.24, 2.45) is 10.9 Å². The van der Waals surface area contributed by atoms with E-state index < -0.39 is 0 Å². The van der Waals surface area contributed by atoms with E-state index in [4.69, 9.17) is 14.5 Å². The van der Waals surface area contributed by atoms with E-state index in [0.717, 1.165) is 51.0 Å². The van der Waals surface area contributed by atoms with Gasteiger partial charge in [0.2, 0.25) is 0 Å². The summed E-state index contributed by atoms with van der Waals surface area (Å²) in [7, 11) is 3.45. The second kappa shape index (κ2) is 11.8. The van der Waals surface area contributed by atoms with Crippen LogP contribution in [0.5, 0.6) is 5.75 Å². The Labute approximate surface area is 158 Å². The summed E-state index contributed by atoms with van der Waals surface area (Å²) < 4.78 is 10.4. The van der Waals surface area contributed by atoms with E-state index in [1.807, 2.05) is 12.1 Å². The lowest BCUT2D eigenvalue weighted by atomic mass is 9.97. The summed E-state index contributed by atoms with van der Waals surface area (Å²) in [5, 5.41) is 6.85. The number of piperidine rings is 1. The Morgan fingerprint density at radius 3 is 2.50 bits per heavy atom. The number of aliphatic imine (C=N–C) groups is 1. The van der Waals surface area contributed by atoms with Crippen molar-refractivity contribution >= 4 is 5.96 Å². The van der Waals surface area contributed by atoms with Gasteiger partial charge in [0.1, 0.15) is 5.75 Å². The summed E-state index contributed by atoms with van der Waals surface area (Å²) in [4.78, 5) is 7.19. The molecule has 26 heavy (non-hydrogen) atoms. The fraction of sp³-hybridized carbons (Fsp3) is 0.650. The molecule has 0 spiro atoms. The molecule has 1 saturated heterocycles. The highest BCUT2D eigenvalue weighted by molar-refractivity contribution is 5.79. The van der Waals surface area contributed by atoms with Gasteiger partial charge in [-0.3, -0.25) is 0 Å². The molecule has 1 aliphatic rings. The zero-order valence-electron chi connectivity index (χ0n) is 16.5. The summed E-state index contributed by atoms with van der Waals surface area (Å²) in [5.74, 6) is 2.48. The maximum Gasteiger partial charge on any atom is 0.191 e. The molecule has 2 rings (SSSR count). The topological polar surface area (TPSA) is 58.1 Å². The monoisotopic (exact) mass is 362 g/mol. The zero-order chi connectivity index (χ0) is 18.6.